The molecule has 1 fully saturated rings. The van der Waals surface area contributed by atoms with Crippen molar-refractivity contribution in [3.63, 3.8) is 0 Å². The van der Waals surface area contributed by atoms with Gasteiger partial charge in [0.2, 0.25) is 0 Å². The summed E-state index contributed by atoms with van der Waals surface area (Å²) in [5, 5.41) is 6.01. The summed E-state index contributed by atoms with van der Waals surface area (Å²) < 4.78 is 5.40. The van der Waals surface area contributed by atoms with E-state index in [0.29, 0.717) is 18.0 Å². The summed E-state index contributed by atoms with van der Waals surface area (Å²) in [7, 11) is 1.82. The van der Waals surface area contributed by atoms with Gasteiger partial charge in [-0.1, -0.05) is 12.1 Å². The Balaban J connectivity index is 1.90. The number of rotatable bonds is 4. The molecule has 1 amide bonds. The Morgan fingerprint density at radius 2 is 2.28 bits per heavy atom. The average molecular weight is 248 g/mol. The van der Waals surface area contributed by atoms with Gasteiger partial charge in [0.15, 0.2) is 0 Å². The topological polar surface area (TPSA) is 50.4 Å². The molecule has 0 radical (unpaired) electrons. The first kappa shape index (κ1) is 12.9. The van der Waals surface area contributed by atoms with Crippen molar-refractivity contribution >= 4 is 11.6 Å². The van der Waals surface area contributed by atoms with E-state index >= 15 is 0 Å². The summed E-state index contributed by atoms with van der Waals surface area (Å²) in [6.45, 7) is 2.30. The van der Waals surface area contributed by atoms with Crippen LogP contribution in [0.3, 0.4) is 0 Å². The molecule has 0 unspecified atom stereocenters. The van der Waals surface area contributed by atoms with Crippen molar-refractivity contribution in [2.45, 2.75) is 12.8 Å². The van der Waals surface area contributed by atoms with Crippen molar-refractivity contribution in [3.8, 4) is 0 Å². The predicted octanol–water partition coefficient (Wildman–Crippen LogP) is 1.88. The number of anilines is 1. The highest BCUT2D eigenvalue weighted by Crippen LogP contribution is 2.15. The Morgan fingerprint density at radius 1 is 1.44 bits per heavy atom. The van der Waals surface area contributed by atoms with E-state index in [1.54, 1.807) is 0 Å². The molecule has 4 heteroatoms. The minimum absolute atomic E-state index is 0.0227. The van der Waals surface area contributed by atoms with Gasteiger partial charge in [-0.25, -0.2) is 0 Å². The van der Waals surface area contributed by atoms with Crippen LogP contribution < -0.4 is 10.6 Å². The lowest BCUT2D eigenvalue weighted by atomic mass is 10.0. The van der Waals surface area contributed by atoms with Crippen LogP contribution in [0.1, 0.15) is 23.2 Å². The van der Waals surface area contributed by atoms with Crippen molar-refractivity contribution in [1.82, 2.24) is 5.32 Å². The number of hydrogen-bond acceptors (Lipinski definition) is 3. The van der Waals surface area contributed by atoms with E-state index in [1.807, 2.05) is 31.3 Å². The predicted molar refractivity (Wildman–Crippen MR) is 71.9 cm³/mol. The van der Waals surface area contributed by atoms with E-state index in [1.165, 1.54) is 0 Å². The van der Waals surface area contributed by atoms with E-state index in [2.05, 4.69) is 10.6 Å². The molecular formula is C14H20N2O2. The Bertz CT molecular complexity index is 401. The van der Waals surface area contributed by atoms with Crippen molar-refractivity contribution < 1.29 is 9.53 Å². The van der Waals surface area contributed by atoms with Gasteiger partial charge in [0.1, 0.15) is 0 Å². The fourth-order valence-corrected chi connectivity index (χ4v) is 2.20. The molecule has 0 aliphatic carbocycles. The zero-order valence-corrected chi connectivity index (χ0v) is 10.7. The van der Waals surface area contributed by atoms with Crippen molar-refractivity contribution in [3.05, 3.63) is 29.8 Å². The monoisotopic (exact) mass is 248 g/mol. The second kappa shape index (κ2) is 6.40. The number of para-hydroxylation sites is 1. The molecule has 1 heterocycles. The number of nitrogens with one attached hydrogen (secondary N) is 2. The van der Waals surface area contributed by atoms with Crippen LogP contribution in [-0.4, -0.2) is 32.7 Å². The number of carbonyl (C=O) groups excluding carboxylic acids is 1. The zero-order valence-electron chi connectivity index (χ0n) is 10.7. The first-order chi connectivity index (χ1) is 8.81. The van der Waals surface area contributed by atoms with Gasteiger partial charge < -0.3 is 15.4 Å². The van der Waals surface area contributed by atoms with Crippen LogP contribution in [0.4, 0.5) is 5.69 Å². The van der Waals surface area contributed by atoms with Gasteiger partial charge in [0.25, 0.3) is 5.91 Å². The summed E-state index contributed by atoms with van der Waals surface area (Å²) in [5.74, 6) is 0.426. The normalized spacial score (nSPS) is 19.3. The molecule has 2 N–H and O–H groups in total. The summed E-state index contributed by atoms with van der Waals surface area (Å²) in [6, 6.07) is 7.52. The molecule has 1 aliphatic heterocycles. The Hall–Kier alpha value is -1.55. The van der Waals surface area contributed by atoms with Crippen molar-refractivity contribution in [2.75, 3.05) is 32.1 Å². The Labute approximate surface area is 108 Å². The third kappa shape index (κ3) is 3.23. The van der Waals surface area contributed by atoms with Gasteiger partial charge in [-0.15, -0.1) is 0 Å². The lowest BCUT2D eigenvalue weighted by Crippen LogP contribution is -2.33. The largest absolute Gasteiger partial charge is 0.387 e. The highest BCUT2D eigenvalue weighted by atomic mass is 16.5. The lowest BCUT2D eigenvalue weighted by Gasteiger charge is -2.22. The fourth-order valence-electron chi connectivity index (χ4n) is 2.20. The van der Waals surface area contributed by atoms with Crippen molar-refractivity contribution in [1.29, 1.82) is 0 Å². The molecule has 1 aromatic carbocycles. The highest BCUT2D eigenvalue weighted by Gasteiger charge is 2.16. The van der Waals surface area contributed by atoms with E-state index in [9.17, 15) is 4.79 Å². The van der Waals surface area contributed by atoms with Gasteiger partial charge in [-0.05, 0) is 30.9 Å². The van der Waals surface area contributed by atoms with Crippen LogP contribution >= 0.6 is 0 Å². The molecule has 1 atom stereocenters. The Kier molecular flexibility index (Phi) is 4.59. The van der Waals surface area contributed by atoms with Gasteiger partial charge in [0, 0.05) is 25.9 Å². The highest BCUT2D eigenvalue weighted by molar-refractivity contribution is 5.99. The molecule has 1 aromatic rings. The zero-order chi connectivity index (χ0) is 12.8. The lowest BCUT2D eigenvalue weighted by molar-refractivity contribution is 0.0536. The number of benzene rings is 1. The maximum atomic E-state index is 12.1. The summed E-state index contributed by atoms with van der Waals surface area (Å²) >= 11 is 0. The molecule has 2 rings (SSSR count). The van der Waals surface area contributed by atoms with Gasteiger partial charge in [-0.2, -0.15) is 0 Å². The molecule has 0 aromatic heterocycles. The van der Waals surface area contributed by atoms with E-state index in [0.717, 1.165) is 31.7 Å². The molecule has 1 aliphatic rings. The summed E-state index contributed by atoms with van der Waals surface area (Å²) in [4.78, 5) is 12.1. The SMILES string of the molecule is CNc1ccccc1C(=O)NC[C@H]1CCCOC1. The number of carbonyl (C=O) groups is 1. The number of hydrogen-bond donors (Lipinski definition) is 2. The minimum atomic E-state index is -0.0227. The first-order valence-corrected chi connectivity index (χ1v) is 6.44. The van der Waals surface area contributed by atoms with Crippen LogP contribution in [0.15, 0.2) is 24.3 Å². The minimum Gasteiger partial charge on any atom is -0.387 e. The number of ether oxygens (including phenoxy) is 1. The summed E-state index contributed by atoms with van der Waals surface area (Å²) in [5.41, 5.74) is 1.55. The maximum absolute atomic E-state index is 12.1. The third-order valence-corrected chi connectivity index (χ3v) is 3.25. The molecule has 98 valence electrons. The fraction of sp³-hybridized carbons (Fsp3) is 0.500. The van der Waals surface area contributed by atoms with Gasteiger partial charge in [-0.3, -0.25) is 4.79 Å². The average Bonchev–Trinajstić information content (AvgIpc) is 2.45. The molecular weight excluding hydrogens is 228 g/mol. The van der Waals surface area contributed by atoms with E-state index in [-0.39, 0.29) is 5.91 Å². The molecule has 0 bridgehead atoms. The standard InChI is InChI=1S/C14H20N2O2/c1-15-13-7-3-2-6-12(13)14(17)16-9-11-5-4-8-18-10-11/h2-3,6-7,11,15H,4-5,8-10H2,1H3,(H,16,17)/t11-/m1/s1. The Morgan fingerprint density at radius 3 is 3.00 bits per heavy atom. The molecule has 0 saturated carbocycles. The molecule has 1 saturated heterocycles. The molecule has 4 nitrogen and oxygen atoms in total. The van der Waals surface area contributed by atoms with Crippen LogP contribution in [0, 0.1) is 5.92 Å². The molecule has 0 spiro atoms. The quantitative estimate of drug-likeness (QED) is 0.855. The van der Waals surface area contributed by atoms with Gasteiger partial charge >= 0.3 is 0 Å². The smallest absolute Gasteiger partial charge is 0.253 e. The van der Waals surface area contributed by atoms with Gasteiger partial charge in [0.05, 0.1) is 12.2 Å². The van der Waals surface area contributed by atoms with E-state index < -0.39 is 0 Å². The van der Waals surface area contributed by atoms with Crippen molar-refractivity contribution in [2.24, 2.45) is 5.92 Å². The number of amides is 1. The van der Waals surface area contributed by atoms with Crippen LogP contribution in [0.2, 0.25) is 0 Å². The van der Waals surface area contributed by atoms with Crippen LogP contribution in [0.5, 0.6) is 0 Å². The summed E-state index contributed by atoms with van der Waals surface area (Å²) in [6.07, 6.45) is 2.22. The second-order valence-electron chi connectivity index (χ2n) is 4.59. The maximum Gasteiger partial charge on any atom is 0.253 e. The molecule has 18 heavy (non-hydrogen) atoms. The first-order valence-electron chi connectivity index (χ1n) is 6.44. The van der Waals surface area contributed by atoms with Crippen LogP contribution in [0.25, 0.3) is 0 Å². The third-order valence-electron chi connectivity index (χ3n) is 3.25. The van der Waals surface area contributed by atoms with Crippen LogP contribution in [-0.2, 0) is 4.74 Å². The second-order valence-corrected chi connectivity index (χ2v) is 4.59. The van der Waals surface area contributed by atoms with E-state index in [4.69, 9.17) is 4.74 Å².